The normalized spacial score (nSPS) is 12.5. The number of carbonyl (C=O) groups is 2. The van der Waals surface area contributed by atoms with Gasteiger partial charge in [0.1, 0.15) is 16.7 Å². The van der Waals surface area contributed by atoms with Gasteiger partial charge in [0, 0.05) is 43.2 Å². The van der Waals surface area contributed by atoms with Gasteiger partial charge < -0.3 is 19.8 Å². The summed E-state index contributed by atoms with van der Waals surface area (Å²) in [5, 5.41) is 3.59. The first kappa shape index (κ1) is 23.3. The van der Waals surface area contributed by atoms with Crippen molar-refractivity contribution in [3.05, 3.63) is 59.8 Å². The third-order valence-corrected chi connectivity index (χ3v) is 6.91. The van der Waals surface area contributed by atoms with Gasteiger partial charge in [-0.2, -0.15) is 0 Å². The lowest BCUT2D eigenvalue weighted by Crippen LogP contribution is -2.43. The summed E-state index contributed by atoms with van der Waals surface area (Å²) in [6.07, 6.45) is 1.98. The number of amides is 1. The van der Waals surface area contributed by atoms with Gasteiger partial charge >= 0.3 is 5.97 Å². The minimum absolute atomic E-state index is 0.0686. The third kappa shape index (κ3) is 4.61. The van der Waals surface area contributed by atoms with Gasteiger partial charge in [0.25, 0.3) is 5.91 Å². The Morgan fingerprint density at radius 3 is 2.50 bits per heavy atom. The third-order valence-electron chi connectivity index (χ3n) is 5.07. The Hall–Kier alpha value is -3.37. The summed E-state index contributed by atoms with van der Waals surface area (Å²) in [6.45, 7) is 0. The second-order valence-corrected chi connectivity index (χ2v) is 9.39. The summed E-state index contributed by atoms with van der Waals surface area (Å²) >= 11 is 0. The molecule has 1 aromatic heterocycles. The molecule has 1 atom stereocenters. The predicted molar refractivity (Wildman–Crippen MR) is 119 cm³/mol. The fourth-order valence-electron chi connectivity index (χ4n) is 3.31. The number of hydrogen-bond donors (Lipinski definition) is 2. The smallest absolute Gasteiger partial charge is 0.328 e. The Kier molecular flexibility index (Phi) is 6.85. The first-order valence-electron chi connectivity index (χ1n) is 9.73. The van der Waals surface area contributed by atoms with Crippen molar-refractivity contribution < 1.29 is 27.5 Å². The van der Waals surface area contributed by atoms with E-state index in [4.69, 9.17) is 9.47 Å². The highest BCUT2D eigenvalue weighted by Crippen LogP contribution is 2.27. The standard InChI is InChI=1S/C22H25N3O6S/c1-25(2)32(28,29)20-12-14(9-10-19(20)30-3)21(26)24-18(22(27)31-4)11-15-13-23-17-8-6-5-7-16(15)17/h5-10,12-13,18,23H,11H2,1-4H3,(H,24,26)/t18-/m0/s1. The Labute approximate surface area is 186 Å². The molecule has 32 heavy (non-hydrogen) atoms. The van der Waals surface area contributed by atoms with Crippen LogP contribution in [-0.2, 0) is 26.0 Å². The number of esters is 1. The molecule has 10 heteroatoms. The van der Waals surface area contributed by atoms with Crippen molar-refractivity contribution in [2.24, 2.45) is 0 Å². The van der Waals surface area contributed by atoms with Crippen molar-refractivity contribution in [3.63, 3.8) is 0 Å². The predicted octanol–water partition coefficient (Wildman–Crippen LogP) is 1.94. The summed E-state index contributed by atoms with van der Waals surface area (Å²) in [6, 6.07) is 10.7. The van der Waals surface area contributed by atoms with Gasteiger partial charge in [-0.1, -0.05) is 18.2 Å². The summed E-state index contributed by atoms with van der Waals surface area (Å²) in [5.41, 5.74) is 1.81. The molecule has 1 amide bonds. The molecule has 0 aliphatic heterocycles. The molecule has 2 N–H and O–H groups in total. The molecule has 3 aromatic rings. The van der Waals surface area contributed by atoms with Gasteiger partial charge in [-0.15, -0.1) is 0 Å². The number of nitrogens with zero attached hydrogens (tertiary/aromatic N) is 1. The van der Waals surface area contributed by atoms with Crippen molar-refractivity contribution in [1.29, 1.82) is 0 Å². The Balaban J connectivity index is 1.91. The van der Waals surface area contributed by atoms with Crippen LogP contribution in [0, 0.1) is 0 Å². The monoisotopic (exact) mass is 459 g/mol. The van der Waals surface area contributed by atoms with E-state index in [1.165, 1.54) is 46.5 Å². The first-order valence-corrected chi connectivity index (χ1v) is 11.2. The number of H-pyrrole nitrogens is 1. The quantitative estimate of drug-likeness (QED) is 0.497. The van der Waals surface area contributed by atoms with E-state index in [0.29, 0.717) is 0 Å². The van der Waals surface area contributed by atoms with Crippen LogP contribution in [-0.4, -0.2) is 63.9 Å². The molecule has 170 valence electrons. The molecule has 0 fully saturated rings. The molecule has 0 saturated heterocycles. The molecule has 3 rings (SSSR count). The Morgan fingerprint density at radius 1 is 1.12 bits per heavy atom. The highest BCUT2D eigenvalue weighted by atomic mass is 32.2. The fourth-order valence-corrected chi connectivity index (χ4v) is 4.39. The van der Waals surface area contributed by atoms with Crippen LogP contribution in [0.5, 0.6) is 5.75 Å². The van der Waals surface area contributed by atoms with Gasteiger partial charge in [0.05, 0.1) is 14.2 Å². The molecule has 0 aliphatic carbocycles. The van der Waals surface area contributed by atoms with E-state index in [1.54, 1.807) is 6.20 Å². The zero-order valence-electron chi connectivity index (χ0n) is 18.2. The van der Waals surface area contributed by atoms with Gasteiger partial charge in [-0.25, -0.2) is 17.5 Å². The highest BCUT2D eigenvalue weighted by molar-refractivity contribution is 7.89. The van der Waals surface area contributed by atoms with E-state index < -0.39 is 27.9 Å². The van der Waals surface area contributed by atoms with Gasteiger partial charge in [0.15, 0.2) is 0 Å². The lowest BCUT2D eigenvalue weighted by atomic mass is 10.0. The van der Waals surface area contributed by atoms with Crippen LogP contribution < -0.4 is 10.1 Å². The van der Waals surface area contributed by atoms with E-state index in [9.17, 15) is 18.0 Å². The van der Waals surface area contributed by atoms with Crippen LogP contribution in [0.25, 0.3) is 10.9 Å². The minimum atomic E-state index is -3.86. The maximum atomic E-state index is 12.9. The van der Waals surface area contributed by atoms with Gasteiger partial charge in [-0.05, 0) is 29.8 Å². The Bertz CT molecular complexity index is 1250. The van der Waals surface area contributed by atoms with Gasteiger partial charge in [0.2, 0.25) is 10.0 Å². The molecule has 9 nitrogen and oxygen atoms in total. The number of fused-ring (bicyclic) bond motifs is 1. The van der Waals surface area contributed by atoms with Crippen LogP contribution in [0.4, 0.5) is 0 Å². The second-order valence-electron chi connectivity index (χ2n) is 7.27. The average molecular weight is 460 g/mol. The number of aromatic amines is 1. The molecule has 0 bridgehead atoms. The Morgan fingerprint density at radius 2 is 1.84 bits per heavy atom. The van der Waals surface area contributed by atoms with Crippen molar-refractivity contribution in [2.75, 3.05) is 28.3 Å². The second kappa shape index (κ2) is 9.41. The number of methoxy groups -OCH3 is 2. The number of aromatic nitrogens is 1. The number of hydrogen-bond acceptors (Lipinski definition) is 6. The maximum absolute atomic E-state index is 12.9. The van der Waals surface area contributed by atoms with Crippen LogP contribution in [0.15, 0.2) is 53.6 Å². The van der Waals surface area contributed by atoms with E-state index in [0.717, 1.165) is 20.8 Å². The summed E-state index contributed by atoms with van der Waals surface area (Å²) in [7, 11) is 1.50. The number of benzene rings is 2. The molecular formula is C22H25N3O6S. The van der Waals surface area contributed by atoms with E-state index in [1.807, 2.05) is 24.3 Å². The number of sulfonamides is 1. The minimum Gasteiger partial charge on any atom is -0.495 e. The van der Waals surface area contributed by atoms with E-state index in [2.05, 4.69) is 10.3 Å². The fraction of sp³-hybridized carbons (Fsp3) is 0.273. The van der Waals surface area contributed by atoms with Crippen LogP contribution in [0.3, 0.4) is 0 Å². The molecule has 2 aromatic carbocycles. The highest BCUT2D eigenvalue weighted by Gasteiger charge is 2.27. The average Bonchev–Trinajstić information content (AvgIpc) is 3.20. The van der Waals surface area contributed by atoms with Crippen LogP contribution >= 0.6 is 0 Å². The summed E-state index contributed by atoms with van der Waals surface area (Å²) < 4.78 is 36.3. The zero-order chi connectivity index (χ0) is 23.5. The number of carbonyl (C=O) groups excluding carboxylic acids is 2. The maximum Gasteiger partial charge on any atom is 0.328 e. The lowest BCUT2D eigenvalue weighted by molar-refractivity contribution is -0.142. The van der Waals surface area contributed by atoms with Gasteiger partial charge in [-0.3, -0.25) is 4.79 Å². The van der Waals surface area contributed by atoms with Crippen LogP contribution in [0.1, 0.15) is 15.9 Å². The molecule has 0 aliphatic rings. The largest absolute Gasteiger partial charge is 0.495 e. The van der Waals surface area contributed by atoms with Crippen molar-refractivity contribution >= 4 is 32.8 Å². The zero-order valence-corrected chi connectivity index (χ0v) is 19.0. The number of rotatable bonds is 8. The molecule has 1 heterocycles. The molecule has 0 unspecified atom stereocenters. The number of ether oxygens (including phenoxy) is 2. The summed E-state index contributed by atoms with van der Waals surface area (Å²) in [4.78, 5) is 28.3. The molecule has 0 saturated carbocycles. The van der Waals surface area contributed by atoms with Crippen molar-refractivity contribution in [1.82, 2.24) is 14.6 Å². The van der Waals surface area contributed by atoms with Crippen molar-refractivity contribution in [2.45, 2.75) is 17.4 Å². The first-order chi connectivity index (χ1) is 15.2. The van der Waals surface area contributed by atoms with E-state index in [-0.39, 0.29) is 22.6 Å². The number of nitrogens with one attached hydrogen (secondary N) is 2. The molecule has 0 spiro atoms. The summed E-state index contributed by atoms with van der Waals surface area (Å²) in [5.74, 6) is -1.12. The SMILES string of the molecule is COC(=O)[C@H](Cc1c[nH]c2ccccc12)NC(=O)c1ccc(OC)c(S(=O)(=O)N(C)C)c1. The van der Waals surface area contributed by atoms with Crippen LogP contribution in [0.2, 0.25) is 0 Å². The topological polar surface area (TPSA) is 118 Å². The van der Waals surface area contributed by atoms with E-state index >= 15 is 0 Å². The lowest BCUT2D eigenvalue weighted by Gasteiger charge is -2.18. The molecule has 0 radical (unpaired) electrons. The molecular weight excluding hydrogens is 434 g/mol. The number of para-hydroxylation sites is 1. The van der Waals surface area contributed by atoms with Crippen molar-refractivity contribution in [3.8, 4) is 5.75 Å².